The molecule has 4 rings (SSSR count). The third-order valence-electron chi connectivity index (χ3n) is 6.05. The average Bonchev–Trinajstić information content (AvgIpc) is 3.36. The van der Waals surface area contributed by atoms with E-state index in [9.17, 15) is 14.4 Å². The Hall–Kier alpha value is -4.21. The Morgan fingerprint density at radius 3 is 2.11 bits per heavy atom. The summed E-state index contributed by atoms with van der Waals surface area (Å²) in [4.78, 5) is 38.3. The lowest BCUT2D eigenvalue weighted by Crippen LogP contribution is -2.38. The topological polar surface area (TPSA) is 128 Å². The number of ether oxygens (including phenoxy) is 3. The van der Waals surface area contributed by atoms with Crippen LogP contribution < -0.4 is 25.1 Å². The van der Waals surface area contributed by atoms with Gasteiger partial charge in [0.2, 0.25) is 11.8 Å². The molecule has 0 saturated carbocycles. The highest BCUT2D eigenvalue weighted by molar-refractivity contribution is 6.12. The molecular formula is C25H26N4O6. The largest absolute Gasteiger partial charge is 0.496 e. The normalized spacial score (nSPS) is 19.9. The van der Waals surface area contributed by atoms with Crippen LogP contribution in [0.5, 0.6) is 17.2 Å². The summed E-state index contributed by atoms with van der Waals surface area (Å²) in [5.41, 5.74) is 7.04. The van der Waals surface area contributed by atoms with Crippen LogP contribution in [0.1, 0.15) is 42.6 Å². The maximum absolute atomic E-state index is 12.9. The first-order chi connectivity index (χ1) is 16.8. The molecule has 2 aliphatic heterocycles. The molecule has 35 heavy (non-hydrogen) atoms. The van der Waals surface area contributed by atoms with Gasteiger partial charge in [0, 0.05) is 17.3 Å². The zero-order valence-corrected chi connectivity index (χ0v) is 19.8. The summed E-state index contributed by atoms with van der Waals surface area (Å²) in [6.07, 6.45) is 0. The van der Waals surface area contributed by atoms with Gasteiger partial charge in [-0.15, -0.1) is 0 Å². The molecule has 2 aromatic rings. The second kappa shape index (κ2) is 9.96. The fourth-order valence-electron chi connectivity index (χ4n) is 4.42. The number of para-hydroxylation sites is 1. The van der Waals surface area contributed by atoms with E-state index in [1.54, 1.807) is 63.2 Å². The molecule has 0 fully saturated rings. The number of nitrogens with zero attached hydrogens (tertiary/aromatic N) is 2. The van der Waals surface area contributed by atoms with Crippen molar-refractivity contribution in [3.8, 4) is 17.2 Å². The molecular weight excluding hydrogens is 452 g/mol. The molecule has 10 heteroatoms. The lowest BCUT2D eigenvalue weighted by atomic mass is 9.73. The van der Waals surface area contributed by atoms with Crippen LogP contribution in [0.25, 0.3) is 0 Å². The summed E-state index contributed by atoms with van der Waals surface area (Å²) < 4.78 is 16.7. The van der Waals surface area contributed by atoms with Crippen LogP contribution in [-0.4, -0.2) is 42.9 Å². The van der Waals surface area contributed by atoms with Crippen LogP contribution in [0.15, 0.2) is 52.7 Å². The van der Waals surface area contributed by atoms with E-state index in [-0.39, 0.29) is 23.1 Å². The number of carbonyl (C=O) groups is 3. The monoisotopic (exact) mass is 478 g/mol. The number of nitrogens with one attached hydrogen (secondary N) is 2. The van der Waals surface area contributed by atoms with Crippen LogP contribution in [0.3, 0.4) is 0 Å². The predicted octanol–water partition coefficient (Wildman–Crippen LogP) is 2.64. The van der Waals surface area contributed by atoms with Gasteiger partial charge in [-0.05, 0) is 50.6 Å². The van der Waals surface area contributed by atoms with E-state index >= 15 is 0 Å². The zero-order chi connectivity index (χ0) is 25.1. The molecule has 0 radical (unpaired) electrons. The molecule has 2 aromatic carbocycles. The maximum Gasteiger partial charge on any atom is 0.347 e. The SMILES string of the molecule is CCOc1cc(C(C2C(=O)NN=C2C)C2C(=O)NN=C2C)ccc1OC(=O)c1ccccc1OC. The number of methoxy groups -OCH3 is 1. The number of hydrogen-bond acceptors (Lipinski definition) is 8. The number of rotatable bonds is 8. The molecule has 0 aliphatic carbocycles. The third kappa shape index (κ3) is 4.59. The molecule has 2 heterocycles. The number of benzene rings is 2. The van der Waals surface area contributed by atoms with Gasteiger partial charge in [-0.3, -0.25) is 9.59 Å². The number of hydrogen-bond donors (Lipinski definition) is 2. The van der Waals surface area contributed by atoms with Crippen molar-refractivity contribution in [3.63, 3.8) is 0 Å². The van der Waals surface area contributed by atoms with Crippen molar-refractivity contribution in [2.24, 2.45) is 22.0 Å². The highest BCUT2D eigenvalue weighted by Gasteiger charge is 2.46. The van der Waals surface area contributed by atoms with E-state index in [0.29, 0.717) is 35.1 Å². The van der Waals surface area contributed by atoms with E-state index < -0.39 is 23.7 Å². The summed E-state index contributed by atoms with van der Waals surface area (Å²) in [6.45, 7) is 5.59. The van der Waals surface area contributed by atoms with Crippen LogP contribution in [0.4, 0.5) is 0 Å². The highest BCUT2D eigenvalue weighted by Crippen LogP contribution is 2.41. The molecule has 2 amide bonds. The molecule has 2 N–H and O–H groups in total. The Morgan fingerprint density at radius 1 is 0.943 bits per heavy atom. The number of hydrazone groups is 2. The average molecular weight is 479 g/mol. The molecule has 0 aromatic heterocycles. The first kappa shape index (κ1) is 23.9. The van der Waals surface area contributed by atoms with Crippen molar-refractivity contribution in [1.29, 1.82) is 0 Å². The minimum absolute atomic E-state index is 0.202. The minimum atomic E-state index is -0.676. The van der Waals surface area contributed by atoms with Gasteiger partial charge in [-0.2, -0.15) is 10.2 Å². The van der Waals surface area contributed by atoms with E-state index in [4.69, 9.17) is 14.2 Å². The van der Waals surface area contributed by atoms with Gasteiger partial charge in [-0.1, -0.05) is 18.2 Å². The zero-order valence-electron chi connectivity index (χ0n) is 19.8. The minimum Gasteiger partial charge on any atom is -0.496 e. The van der Waals surface area contributed by atoms with E-state index in [2.05, 4.69) is 21.1 Å². The summed E-state index contributed by atoms with van der Waals surface area (Å²) in [6, 6.07) is 11.7. The molecule has 2 unspecified atom stereocenters. The Morgan fingerprint density at radius 2 is 1.57 bits per heavy atom. The smallest absolute Gasteiger partial charge is 0.347 e. The van der Waals surface area contributed by atoms with Gasteiger partial charge < -0.3 is 14.2 Å². The van der Waals surface area contributed by atoms with Crippen molar-refractivity contribution in [3.05, 3.63) is 53.6 Å². The summed E-state index contributed by atoms with van der Waals surface area (Å²) in [5, 5.41) is 8.13. The van der Waals surface area contributed by atoms with Crippen molar-refractivity contribution in [2.75, 3.05) is 13.7 Å². The summed E-state index contributed by atoms with van der Waals surface area (Å²) in [5.74, 6) is -2.26. The first-order valence-electron chi connectivity index (χ1n) is 11.2. The molecule has 0 saturated heterocycles. The molecule has 2 aliphatic rings. The quantitative estimate of drug-likeness (QED) is 0.444. The fourth-order valence-corrected chi connectivity index (χ4v) is 4.42. The van der Waals surface area contributed by atoms with Gasteiger partial charge in [0.25, 0.3) is 0 Å². The Bertz CT molecular complexity index is 1200. The fraction of sp³-hybridized carbons (Fsp3) is 0.320. The lowest BCUT2D eigenvalue weighted by molar-refractivity contribution is -0.125. The van der Waals surface area contributed by atoms with Gasteiger partial charge in [-0.25, -0.2) is 15.6 Å². The number of carbonyl (C=O) groups excluding carboxylic acids is 3. The van der Waals surface area contributed by atoms with Crippen LogP contribution >= 0.6 is 0 Å². The van der Waals surface area contributed by atoms with E-state index in [1.165, 1.54) is 7.11 Å². The second-order valence-corrected chi connectivity index (χ2v) is 8.17. The van der Waals surface area contributed by atoms with Crippen LogP contribution in [0, 0.1) is 11.8 Å². The Labute approximate surface area is 202 Å². The maximum atomic E-state index is 12.9. The second-order valence-electron chi connectivity index (χ2n) is 8.17. The van der Waals surface area contributed by atoms with Crippen LogP contribution in [-0.2, 0) is 9.59 Å². The Balaban J connectivity index is 1.73. The predicted molar refractivity (Wildman–Crippen MR) is 128 cm³/mol. The first-order valence-corrected chi connectivity index (χ1v) is 11.2. The van der Waals surface area contributed by atoms with Crippen molar-refractivity contribution >= 4 is 29.2 Å². The summed E-state index contributed by atoms with van der Waals surface area (Å²) in [7, 11) is 1.47. The van der Waals surface area contributed by atoms with E-state index in [1.807, 2.05) is 0 Å². The third-order valence-corrected chi connectivity index (χ3v) is 6.05. The standard InChI is InChI=1S/C25H26N4O6/c1-5-34-19-12-15(10-11-18(19)35-25(32)16-8-6-7-9-17(16)33-4)22(20-13(2)26-28-23(20)30)21-14(3)27-29-24(21)31/h6-12,20-22H,5H2,1-4H3,(H,28,30)(H,29,31). The Kier molecular flexibility index (Phi) is 6.81. The summed E-state index contributed by atoms with van der Waals surface area (Å²) >= 11 is 0. The van der Waals surface area contributed by atoms with Crippen LogP contribution in [0.2, 0.25) is 0 Å². The van der Waals surface area contributed by atoms with Gasteiger partial charge >= 0.3 is 5.97 Å². The van der Waals surface area contributed by atoms with Gasteiger partial charge in [0.15, 0.2) is 11.5 Å². The van der Waals surface area contributed by atoms with Gasteiger partial charge in [0.05, 0.1) is 25.6 Å². The number of amides is 2. The molecule has 0 spiro atoms. The molecule has 10 nitrogen and oxygen atoms in total. The number of esters is 1. The van der Waals surface area contributed by atoms with Gasteiger partial charge in [0.1, 0.15) is 11.3 Å². The molecule has 2 atom stereocenters. The van der Waals surface area contributed by atoms with Crippen molar-refractivity contribution in [1.82, 2.24) is 10.9 Å². The molecule has 182 valence electrons. The lowest BCUT2D eigenvalue weighted by Gasteiger charge is -2.27. The molecule has 0 bridgehead atoms. The van der Waals surface area contributed by atoms with Crippen molar-refractivity contribution < 1.29 is 28.6 Å². The highest BCUT2D eigenvalue weighted by atomic mass is 16.6. The van der Waals surface area contributed by atoms with E-state index in [0.717, 1.165) is 0 Å². The van der Waals surface area contributed by atoms with Crippen molar-refractivity contribution in [2.45, 2.75) is 26.7 Å².